The number of rotatable bonds is 4. The predicted octanol–water partition coefficient (Wildman–Crippen LogP) is 2.61. The molecule has 4 nitrogen and oxygen atoms in total. The van der Waals surface area contributed by atoms with Gasteiger partial charge in [0.05, 0.1) is 12.3 Å². The predicted molar refractivity (Wildman–Crippen MR) is 82.1 cm³/mol. The van der Waals surface area contributed by atoms with Crippen molar-refractivity contribution in [1.29, 1.82) is 0 Å². The van der Waals surface area contributed by atoms with E-state index in [1.165, 1.54) is 22.0 Å². The summed E-state index contributed by atoms with van der Waals surface area (Å²) in [5.41, 5.74) is 4.14. The number of hydrogen-bond donors (Lipinski definition) is 3. The van der Waals surface area contributed by atoms with Crippen molar-refractivity contribution >= 4 is 10.9 Å². The van der Waals surface area contributed by atoms with E-state index in [1.807, 2.05) is 6.92 Å². The third kappa shape index (κ3) is 2.27. The summed E-state index contributed by atoms with van der Waals surface area (Å²) in [6.45, 7) is 4.80. The van der Waals surface area contributed by atoms with Crippen LogP contribution in [0.25, 0.3) is 10.9 Å². The van der Waals surface area contributed by atoms with Gasteiger partial charge in [0.15, 0.2) is 6.29 Å². The first-order valence-corrected chi connectivity index (χ1v) is 7.74. The van der Waals surface area contributed by atoms with Gasteiger partial charge in [0.1, 0.15) is 5.60 Å². The standard InChI is InChI=1S/C17H23NO3/c1-3-11-6-5-7-12-13-8-9-21-17(4-2,10-14(19)20)16(13)18-15(11)12/h5-7,14,18-20H,3-4,8-10H2,1-2H3. The second kappa shape index (κ2) is 5.44. The van der Waals surface area contributed by atoms with Crippen LogP contribution in [0.5, 0.6) is 0 Å². The van der Waals surface area contributed by atoms with Gasteiger partial charge in [-0.2, -0.15) is 0 Å². The van der Waals surface area contributed by atoms with E-state index >= 15 is 0 Å². The molecule has 2 aromatic rings. The normalized spacial score (nSPS) is 22.0. The van der Waals surface area contributed by atoms with Gasteiger partial charge in [-0.1, -0.05) is 32.0 Å². The molecule has 3 N–H and O–H groups in total. The van der Waals surface area contributed by atoms with Gasteiger partial charge >= 0.3 is 0 Å². The van der Waals surface area contributed by atoms with Crippen LogP contribution in [-0.4, -0.2) is 28.1 Å². The van der Waals surface area contributed by atoms with Crippen LogP contribution in [0.1, 0.15) is 43.5 Å². The molecule has 1 unspecified atom stereocenters. The molecule has 0 radical (unpaired) electrons. The lowest BCUT2D eigenvalue weighted by molar-refractivity contribution is -0.141. The monoisotopic (exact) mass is 289 g/mol. The fourth-order valence-corrected chi connectivity index (χ4v) is 3.58. The Kier molecular flexibility index (Phi) is 3.78. The van der Waals surface area contributed by atoms with Gasteiger partial charge in [-0.3, -0.25) is 0 Å². The average molecular weight is 289 g/mol. The first-order valence-electron chi connectivity index (χ1n) is 7.74. The molecule has 0 saturated carbocycles. The average Bonchev–Trinajstić information content (AvgIpc) is 2.87. The molecule has 1 aliphatic rings. The van der Waals surface area contributed by atoms with Crippen LogP contribution in [0, 0.1) is 0 Å². The van der Waals surface area contributed by atoms with E-state index < -0.39 is 11.9 Å². The quantitative estimate of drug-likeness (QED) is 0.758. The van der Waals surface area contributed by atoms with Crippen molar-refractivity contribution in [2.24, 2.45) is 0 Å². The van der Waals surface area contributed by atoms with Crippen molar-refractivity contribution < 1.29 is 14.9 Å². The molecule has 0 bridgehead atoms. The lowest BCUT2D eigenvalue weighted by atomic mass is 9.86. The summed E-state index contributed by atoms with van der Waals surface area (Å²) >= 11 is 0. The lowest BCUT2D eigenvalue weighted by Gasteiger charge is -2.37. The SMILES string of the molecule is CCc1cccc2c3c([nH]c12)C(CC)(CC(O)O)OCC3. The number of hydrogen-bond acceptors (Lipinski definition) is 3. The fourth-order valence-electron chi connectivity index (χ4n) is 3.58. The lowest BCUT2D eigenvalue weighted by Crippen LogP contribution is -2.38. The number of aliphatic hydroxyl groups excluding tert-OH is 1. The van der Waals surface area contributed by atoms with Crippen molar-refractivity contribution in [3.8, 4) is 0 Å². The Labute approximate surface area is 124 Å². The Balaban J connectivity index is 2.21. The molecule has 114 valence electrons. The third-order valence-electron chi connectivity index (χ3n) is 4.68. The number of ether oxygens (including phenoxy) is 1. The first-order chi connectivity index (χ1) is 10.1. The summed E-state index contributed by atoms with van der Waals surface area (Å²) < 4.78 is 6.00. The zero-order valence-electron chi connectivity index (χ0n) is 12.6. The number of nitrogens with one attached hydrogen (secondary N) is 1. The Morgan fingerprint density at radius 2 is 2.14 bits per heavy atom. The minimum absolute atomic E-state index is 0.199. The maximum absolute atomic E-state index is 9.46. The molecular formula is C17H23NO3. The largest absolute Gasteiger partial charge is 0.368 e. The van der Waals surface area contributed by atoms with Crippen LogP contribution in [0.15, 0.2) is 18.2 Å². The minimum Gasteiger partial charge on any atom is -0.368 e. The summed E-state index contributed by atoms with van der Waals surface area (Å²) in [5.74, 6) is 0. The molecule has 1 aromatic heterocycles. The van der Waals surface area contributed by atoms with E-state index in [0.29, 0.717) is 13.0 Å². The number of aryl methyl sites for hydroxylation is 1. The number of aliphatic hydroxyl groups is 2. The topological polar surface area (TPSA) is 65.5 Å². The summed E-state index contributed by atoms with van der Waals surface area (Å²) in [4.78, 5) is 3.54. The molecular weight excluding hydrogens is 266 g/mol. The van der Waals surface area contributed by atoms with Crippen LogP contribution in [-0.2, 0) is 23.2 Å². The van der Waals surface area contributed by atoms with E-state index in [2.05, 4.69) is 30.1 Å². The van der Waals surface area contributed by atoms with Gasteiger partial charge in [0, 0.05) is 17.3 Å². The van der Waals surface area contributed by atoms with E-state index in [1.54, 1.807) is 0 Å². The van der Waals surface area contributed by atoms with Crippen molar-refractivity contribution in [3.63, 3.8) is 0 Å². The molecule has 0 amide bonds. The van der Waals surface area contributed by atoms with E-state index in [-0.39, 0.29) is 6.42 Å². The number of fused-ring (bicyclic) bond motifs is 3. The fraction of sp³-hybridized carbons (Fsp3) is 0.529. The van der Waals surface area contributed by atoms with Crippen LogP contribution in [0.4, 0.5) is 0 Å². The maximum Gasteiger partial charge on any atom is 0.154 e. The van der Waals surface area contributed by atoms with E-state index in [0.717, 1.165) is 18.5 Å². The molecule has 2 heterocycles. The molecule has 1 aromatic carbocycles. The second-order valence-electron chi connectivity index (χ2n) is 5.80. The Morgan fingerprint density at radius 3 is 2.81 bits per heavy atom. The molecule has 1 atom stereocenters. The van der Waals surface area contributed by atoms with Gasteiger partial charge in [0.2, 0.25) is 0 Å². The molecule has 0 aliphatic carbocycles. The van der Waals surface area contributed by atoms with Gasteiger partial charge in [-0.05, 0) is 30.4 Å². The Bertz CT molecular complexity index is 647. The highest BCUT2D eigenvalue weighted by Crippen LogP contribution is 2.42. The summed E-state index contributed by atoms with van der Waals surface area (Å²) in [6, 6.07) is 6.38. The van der Waals surface area contributed by atoms with Crippen LogP contribution < -0.4 is 0 Å². The first kappa shape index (κ1) is 14.6. The highest BCUT2D eigenvalue weighted by molar-refractivity contribution is 5.88. The summed E-state index contributed by atoms with van der Waals surface area (Å²) in [5, 5.41) is 20.2. The zero-order valence-corrected chi connectivity index (χ0v) is 12.6. The summed E-state index contributed by atoms with van der Waals surface area (Å²) in [7, 11) is 0. The van der Waals surface area contributed by atoms with Gasteiger partial charge in [0.25, 0.3) is 0 Å². The van der Waals surface area contributed by atoms with Crippen LogP contribution in [0.3, 0.4) is 0 Å². The molecule has 0 saturated heterocycles. The zero-order chi connectivity index (χ0) is 15.0. The maximum atomic E-state index is 9.46. The van der Waals surface area contributed by atoms with Crippen molar-refractivity contribution in [2.45, 2.75) is 51.4 Å². The summed E-state index contributed by atoms with van der Waals surface area (Å²) in [6.07, 6.45) is 1.38. The number of aromatic amines is 1. The van der Waals surface area contributed by atoms with Crippen molar-refractivity contribution in [3.05, 3.63) is 35.0 Å². The number of aromatic nitrogens is 1. The highest BCUT2D eigenvalue weighted by atomic mass is 16.5. The van der Waals surface area contributed by atoms with Gasteiger partial charge in [-0.15, -0.1) is 0 Å². The Hall–Kier alpha value is -1.36. The van der Waals surface area contributed by atoms with Crippen LogP contribution in [0.2, 0.25) is 0 Å². The molecule has 3 rings (SSSR count). The van der Waals surface area contributed by atoms with Crippen LogP contribution >= 0.6 is 0 Å². The molecule has 0 spiro atoms. The minimum atomic E-state index is -1.37. The van der Waals surface area contributed by atoms with E-state index in [9.17, 15) is 10.2 Å². The molecule has 1 aliphatic heterocycles. The Morgan fingerprint density at radius 1 is 1.33 bits per heavy atom. The van der Waals surface area contributed by atoms with E-state index in [4.69, 9.17) is 4.74 Å². The number of H-pyrrole nitrogens is 1. The van der Waals surface area contributed by atoms with Gasteiger partial charge in [-0.25, -0.2) is 0 Å². The second-order valence-corrected chi connectivity index (χ2v) is 5.80. The number of para-hydroxylation sites is 1. The third-order valence-corrected chi connectivity index (χ3v) is 4.68. The smallest absolute Gasteiger partial charge is 0.154 e. The van der Waals surface area contributed by atoms with Gasteiger partial charge < -0.3 is 19.9 Å². The van der Waals surface area contributed by atoms with Crippen molar-refractivity contribution in [1.82, 2.24) is 4.98 Å². The highest BCUT2D eigenvalue weighted by Gasteiger charge is 2.40. The number of benzene rings is 1. The van der Waals surface area contributed by atoms with Crippen molar-refractivity contribution in [2.75, 3.05) is 6.61 Å². The molecule has 21 heavy (non-hydrogen) atoms. The molecule has 0 fully saturated rings. The molecule has 4 heteroatoms.